The predicted molar refractivity (Wildman–Crippen MR) is 156 cm³/mol. The van der Waals surface area contributed by atoms with Gasteiger partial charge >= 0.3 is 23.1 Å². The summed E-state index contributed by atoms with van der Waals surface area (Å²) in [6, 6.07) is 8.82. The van der Waals surface area contributed by atoms with E-state index in [1.165, 1.54) is 11.1 Å². The van der Waals surface area contributed by atoms with Crippen LogP contribution < -0.4 is 22.0 Å². The van der Waals surface area contributed by atoms with E-state index >= 15 is 0 Å². The molecule has 0 spiro atoms. The fraction of sp³-hybridized carbons (Fsp3) is 0.562. The second-order valence-corrected chi connectivity index (χ2v) is 11.9. The van der Waals surface area contributed by atoms with Gasteiger partial charge < -0.3 is 34.1 Å². The maximum absolute atomic E-state index is 13.6. The summed E-state index contributed by atoms with van der Waals surface area (Å²) in [5.74, 6) is 1.45. The summed E-state index contributed by atoms with van der Waals surface area (Å²) in [5, 5.41) is 11.3. The van der Waals surface area contributed by atoms with Crippen molar-refractivity contribution < 1.29 is 27.0 Å². The molecule has 0 fully saturated rings. The first kappa shape index (κ1) is 34.8. The Hall–Kier alpha value is -1.27. The van der Waals surface area contributed by atoms with Crippen molar-refractivity contribution in [1.29, 1.82) is 0 Å². The fourth-order valence-corrected chi connectivity index (χ4v) is 5.52. The summed E-state index contributed by atoms with van der Waals surface area (Å²) in [5.41, 5.74) is 7.28. The van der Waals surface area contributed by atoms with Gasteiger partial charge in [0.15, 0.2) is 0 Å². The van der Waals surface area contributed by atoms with Crippen LogP contribution >= 0.6 is 0 Å². The van der Waals surface area contributed by atoms with Crippen molar-refractivity contribution in [3.8, 4) is 5.75 Å². The minimum Gasteiger partial charge on any atom is -1.00 e. The summed E-state index contributed by atoms with van der Waals surface area (Å²) in [6.07, 6.45) is 1.95. The molecule has 1 N–H and O–H groups in total. The Morgan fingerprint density at radius 3 is 2.26 bits per heavy atom. The number of fused-ring (bicyclic) bond motifs is 1. The van der Waals surface area contributed by atoms with Crippen LogP contribution in [0.5, 0.6) is 5.75 Å². The van der Waals surface area contributed by atoms with E-state index in [1.807, 2.05) is 11.8 Å². The molecule has 1 aliphatic heterocycles. The van der Waals surface area contributed by atoms with Gasteiger partial charge in [-0.05, 0) is 60.4 Å². The van der Waals surface area contributed by atoms with E-state index in [4.69, 9.17) is 4.74 Å². The smallest absolute Gasteiger partial charge is 1.00 e. The van der Waals surface area contributed by atoms with Crippen molar-refractivity contribution in [2.45, 2.75) is 99.0 Å². The third-order valence-corrected chi connectivity index (χ3v) is 7.29. The first-order valence-electron chi connectivity index (χ1n) is 13.6. The molecule has 206 valence electrons. The second kappa shape index (κ2) is 14.4. The number of halogens is 1. The van der Waals surface area contributed by atoms with E-state index in [0.29, 0.717) is 38.3 Å². The summed E-state index contributed by atoms with van der Waals surface area (Å²) >= 11 is 0. The molecule has 0 bridgehead atoms. The molecule has 38 heavy (non-hydrogen) atoms. The number of anilines is 1. The van der Waals surface area contributed by atoms with Gasteiger partial charge in [0, 0.05) is 23.5 Å². The number of hydrogen-bond acceptors (Lipinski definition) is 3. The summed E-state index contributed by atoms with van der Waals surface area (Å²) in [4.78, 5) is 15.5. The Kier molecular flexibility index (Phi) is 13.2. The average Bonchev–Trinajstić information content (AvgIpc) is 3.22. The fourth-order valence-electron chi connectivity index (χ4n) is 5.52. The first-order valence-corrected chi connectivity index (χ1v) is 13.6. The standard InChI is InChI=1S/C32H46NO3.ClH.Mg/c1-10-12-26(34)29-22(6)30(33(17-11-2)27(35)18-32(7,8)9)21(5)28-25(19-36-31(28)29)24-15-13-23(14-16-24)20(3)4;;/h13-16,20,25-26,34H,2,10-12,17-19H2,1,3-9H3;1H;/q-1;;+2/p-1. The van der Waals surface area contributed by atoms with Gasteiger partial charge in [0.2, 0.25) is 5.91 Å². The van der Waals surface area contributed by atoms with Gasteiger partial charge in [-0.15, -0.1) is 0 Å². The van der Waals surface area contributed by atoms with E-state index in [1.54, 1.807) is 0 Å². The minimum absolute atomic E-state index is 0. The molecule has 1 heterocycles. The molecule has 0 radical (unpaired) electrons. The van der Waals surface area contributed by atoms with E-state index in [2.05, 4.69) is 79.7 Å². The van der Waals surface area contributed by atoms with E-state index in [9.17, 15) is 9.90 Å². The van der Waals surface area contributed by atoms with Crippen LogP contribution in [0.25, 0.3) is 0 Å². The van der Waals surface area contributed by atoms with Crippen molar-refractivity contribution in [2.24, 2.45) is 5.41 Å². The largest absolute Gasteiger partial charge is 2.00 e. The van der Waals surface area contributed by atoms with Gasteiger partial charge in [-0.2, -0.15) is 6.42 Å². The zero-order valence-corrected chi connectivity index (χ0v) is 27.0. The van der Waals surface area contributed by atoms with E-state index in [-0.39, 0.29) is 52.7 Å². The number of benzene rings is 2. The zero-order chi connectivity index (χ0) is 26.8. The van der Waals surface area contributed by atoms with Crippen LogP contribution in [0.2, 0.25) is 0 Å². The molecule has 0 aromatic heterocycles. The number of rotatable bonds is 9. The molecule has 3 rings (SSSR count). The topological polar surface area (TPSA) is 49.8 Å². The minimum atomic E-state index is -0.635. The molecular weight excluding hydrogens is 506 g/mol. The van der Waals surface area contributed by atoms with Gasteiger partial charge in [-0.1, -0.05) is 72.2 Å². The van der Waals surface area contributed by atoms with Crippen molar-refractivity contribution in [2.75, 3.05) is 18.1 Å². The van der Waals surface area contributed by atoms with Gasteiger partial charge in [0.1, 0.15) is 5.75 Å². The molecule has 2 atom stereocenters. The number of carbonyl (C=O) groups is 1. The average molecular weight is 552 g/mol. The molecule has 2 aromatic rings. The van der Waals surface area contributed by atoms with E-state index in [0.717, 1.165) is 40.1 Å². The quantitative estimate of drug-likeness (QED) is 0.371. The Morgan fingerprint density at radius 1 is 1.16 bits per heavy atom. The van der Waals surface area contributed by atoms with Gasteiger partial charge in [-0.3, -0.25) is 4.79 Å². The number of amides is 1. The summed E-state index contributed by atoms with van der Waals surface area (Å²) in [6.45, 7) is 22.1. The van der Waals surface area contributed by atoms with Gasteiger partial charge in [0.05, 0.1) is 18.4 Å². The van der Waals surface area contributed by atoms with Crippen molar-refractivity contribution in [3.05, 3.63) is 64.6 Å². The number of carbonyl (C=O) groups excluding carboxylic acids is 1. The monoisotopic (exact) mass is 551 g/mol. The van der Waals surface area contributed by atoms with Gasteiger partial charge in [0.25, 0.3) is 0 Å². The number of hydrogen-bond donors (Lipinski definition) is 1. The van der Waals surface area contributed by atoms with Crippen LogP contribution in [0.4, 0.5) is 5.69 Å². The number of aliphatic hydroxyl groups excluding tert-OH is 1. The normalized spacial score (nSPS) is 15.3. The van der Waals surface area contributed by atoms with Crippen molar-refractivity contribution in [3.63, 3.8) is 0 Å². The SMILES string of the molecule is [CH2-]CCN(C(=O)CC(C)(C)C)c1c(C)c(C(O)CCC)c2c(c1C)C(c1ccc(C(C)C)cc1)CO2.[Cl-].[Mg+2]. The number of ether oxygens (including phenoxy) is 1. The first-order chi connectivity index (χ1) is 16.9. The van der Waals surface area contributed by atoms with Crippen LogP contribution in [0.15, 0.2) is 24.3 Å². The van der Waals surface area contributed by atoms with Gasteiger partial charge in [-0.25, -0.2) is 0 Å². The maximum atomic E-state index is 13.6. The molecule has 0 saturated carbocycles. The summed E-state index contributed by atoms with van der Waals surface area (Å²) < 4.78 is 6.36. The molecule has 0 aliphatic carbocycles. The second-order valence-electron chi connectivity index (χ2n) is 11.9. The zero-order valence-electron chi connectivity index (χ0n) is 24.8. The van der Waals surface area contributed by atoms with Crippen molar-refractivity contribution >= 4 is 34.6 Å². The molecule has 6 heteroatoms. The molecule has 2 aromatic carbocycles. The van der Waals surface area contributed by atoms with Crippen LogP contribution in [-0.4, -0.2) is 47.2 Å². The van der Waals surface area contributed by atoms with Crippen LogP contribution in [0, 0.1) is 26.2 Å². The van der Waals surface area contributed by atoms with E-state index < -0.39 is 6.10 Å². The third kappa shape index (κ3) is 7.47. The molecule has 2 unspecified atom stereocenters. The molecule has 0 saturated heterocycles. The molecule has 4 nitrogen and oxygen atoms in total. The molecule has 1 amide bonds. The Bertz CT molecular complexity index is 1080. The molecular formula is C32H46ClMgNO3. The Labute approximate surface area is 253 Å². The Morgan fingerprint density at radius 2 is 1.76 bits per heavy atom. The van der Waals surface area contributed by atoms with Crippen molar-refractivity contribution in [1.82, 2.24) is 0 Å². The maximum Gasteiger partial charge on any atom is 2.00 e. The Balaban J connectivity index is 0.00000361. The number of aliphatic hydroxyl groups is 1. The van der Waals surface area contributed by atoms with Crippen LogP contribution in [0.3, 0.4) is 0 Å². The number of nitrogens with zero attached hydrogens (tertiary/aromatic N) is 1. The predicted octanol–water partition coefficient (Wildman–Crippen LogP) is 4.40. The van der Waals surface area contributed by atoms with Crippen LogP contribution in [0.1, 0.15) is 119 Å². The summed E-state index contributed by atoms with van der Waals surface area (Å²) in [7, 11) is 0. The third-order valence-electron chi connectivity index (χ3n) is 7.29. The molecule has 1 aliphatic rings. The van der Waals surface area contributed by atoms with Crippen LogP contribution in [-0.2, 0) is 4.79 Å².